The summed E-state index contributed by atoms with van der Waals surface area (Å²) >= 11 is 0. The van der Waals surface area contributed by atoms with Gasteiger partial charge in [-0.15, -0.1) is 24.8 Å². The maximum atomic E-state index is 11.0. The van der Waals surface area contributed by atoms with Crippen LogP contribution in [0.2, 0.25) is 0 Å². The highest BCUT2D eigenvalue weighted by Crippen LogP contribution is 2.25. The highest BCUT2D eigenvalue weighted by atomic mass is 35.5. The Labute approximate surface area is 179 Å². The summed E-state index contributed by atoms with van der Waals surface area (Å²) < 4.78 is 0. The lowest BCUT2D eigenvalue weighted by Crippen LogP contribution is -2.44. The number of hydroxylamine groups is 1. The van der Waals surface area contributed by atoms with Gasteiger partial charge in [-0.3, -0.25) is 15.0 Å². The zero-order valence-corrected chi connectivity index (χ0v) is 17.7. The molecule has 1 aliphatic heterocycles. The first-order chi connectivity index (χ1) is 12.7. The van der Waals surface area contributed by atoms with Crippen LogP contribution in [0.1, 0.15) is 50.6 Å². The minimum absolute atomic E-state index is 0. The minimum Gasteiger partial charge on any atom is -0.365 e. The maximum absolute atomic E-state index is 11.0. The average molecular weight is 432 g/mol. The molecule has 1 saturated carbocycles. The summed E-state index contributed by atoms with van der Waals surface area (Å²) in [6, 6.07) is 0.406. The molecule has 158 valence electrons. The number of anilines is 1. The van der Waals surface area contributed by atoms with Crippen molar-refractivity contribution in [2.75, 3.05) is 25.0 Å². The number of carbonyl (C=O) groups is 1. The fraction of sp³-hybridized carbons (Fsp3) is 0.632. The molecule has 3 rings (SSSR count). The Morgan fingerprint density at radius 2 is 1.93 bits per heavy atom. The van der Waals surface area contributed by atoms with Crippen LogP contribution in [-0.4, -0.2) is 51.7 Å². The molecule has 1 aromatic rings. The van der Waals surface area contributed by atoms with E-state index in [1.54, 1.807) is 17.9 Å². The van der Waals surface area contributed by atoms with Crippen LogP contribution in [0.4, 0.5) is 5.82 Å². The summed E-state index contributed by atoms with van der Waals surface area (Å²) in [5.41, 5.74) is 2.11. The van der Waals surface area contributed by atoms with Crippen molar-refractivity contribution in [3.63, 3.8) is 0 Å². The van der Waals surface area contributed by atoms with E-state index >= 15 is 0 Å². The van der Waals surface area contributed by atoms with E-state index in [4.69, 9.17) is 5.21 Å². The van der Waals surface area contributed by atoms with Crippen LogP contribution in [0, 0.1) is 5.92 Å². The van der Waals surface area contributed by atoms with E-state index in [1.165, 1.54) is 63.8 Å². The van der Waals surface area contributed by atoms with Crippen molar-refractivity contribution in [1.29, 1.82) is 0 Å². The van der Waals surface area contributed by atoms with Gasteiger partial charge in [0, 0.05) is 25.2 Å². The van der Waals surface area contributed by atoms with Crippen molar-refractivity contribution in [3.05, 3.63) is 24.2 Å². The first kappa shape index (κ1) is 24.6. The Morgan fingerprint density at radius 1 is 1.14 bits per heavy atom. The number of aromatic nitrogens is 2. The fourth-order valence-electron chi connectivity index (χ4n) is 3.98. The van der Waals surface area contributed by atoms with Gasteiger partial charge < -0.3 is 10.2 Å². The molecule has 0 bridgehead atoms. The summed E-state index contributed by atoms with van der Waals surface area (Å²) in [7, 11) is 0. The molecular formula is C19H31Cl2N5O2. The molecule has 9 heteroatoms. The first-order valence-electron chi connectivity index (χ1n) is 9.66. The number of nitrogens with zero attached hydrogens (tertiary/aromatic N) is 3. The Bertz CT molecular complexity index is 609. The maximum Gasteiger partial charge on any atom is 0.267 e. The third kappa shape index (κ3) is 7.91. The fourth-order valence-corrected chi connectivity index (χ4v) is 3.98. The molecule has 0 spiro atoms. The third-order valence-corrected chi connectivity index (χ3v) is 5.29. The molecule has 1 aromatic heterocycles. The minimum atomic E-state index is -0.589. The standard InChI is InChI=1S/C19H29N5O2.2ClH/c25-19(23-26)9-8-16-11-21-18(12-20-16)22-17-7-4-10-24(14-17)13-15-5-2-1-3-6-15;;/h8-9,11-12,15,17,26H,1-7,10,13-14H2,(H,21,22)(H,23,25);2*1H/t17-;;/m1../s1. The van der Waals surface area contributed by atoms with Gasteiger partial charge in [0.25, 0.3) is 5.91 Å². The van der Waals surface area contributed by atoms with Gasteiger partial charge in [-0.05, 0) is 44.2 Å². The Hall–Kier alpha value is -1.41. The number of piperidine rings is 1. The lowest BCUT2D eigenvalue weighted by molar-refractivity contribution is -0.124. The molecule has 1 atom stereocenters. The topological polar surface area (TPSA) is 90.4 Å². The van der Waals surface area contributed by atoms with Crippen molar-refractivity contribution in [3.8, 4) is 0 Å². The van der Waals surface area contributed by atoms with Crippen molar-refractivity contribution in [2.45, 2.75) is 51.0 Å². The monoisotopic (exact) mass is 431 g/mol. The summed E-state index contributed by atoms with van der Waals surface area (Å²) in [5.74, 6) is 1.05. The third-order valence-electron chi connectivity index (χ3n) is 5.29. The molecule has 7 nitrogen and oxygen atoms in total. The van der Waals surface area contributed by atoms with Gasteiger partial charge in [-0.2, -0.15) is 0 Å². The van der Waals surface area contributed by atoms with Crippen molar-refractivity contribution < 1.29 is 10.0 Å². The highest BCUT2D eigenvalue weighted by molar-refractivity contribution is 5.90. The number of rotatable bonds is 6. The number of halogens is 2. The van der Waals surface area contributed by atoms with Crippen LogP contribution in [0.15, 0.2) is 18.5 Å². The van der Waals surface area contributed by atoms with Gasteiger partial charge in [-0.25, -0.2) is 10.5 Å². The lowest BCUT2D eigenvalue weighted by Gasteiger charge is -2.36. The van der Waals surface area contributed by atoms with Crippen LogP contribution >= 0.6 is 24.8 Å². The number of hydrogen-bond acceptors (Lipinski definition) is 6. The molecule has 2 aliphatic rings. The van der Waals surface area contributed by atoms with E-state index in [2.05, 4.69) is 20.2 Å². The smallest absolute Gasteiger partial charge is 0.267 e. The largest absolute Gasteiger partial charge is 0.365 e. The number of nitrogens with one attached hydrogen (secondary N) is 2. The first-order valence-corrected chi connectivity index (χ1v) is 9.66. The predicted octanol–water partition coefficient (Wildman–Crippen LogP) is 3.30. The van der Waals surface area contributed by atoms with E-state index < -0.39 is 5.91 Å². The molecule has 0 radical (unpaired) electrons. The number of hydrogen-bond donors (Lipinski definition) is 3. The zero-order chi connectivity index (χ0) is 18.2. The van der Waals surface area contributed by atoms with Crippen molar-refractivity contribution in [2.24, 2.45) is 5.92 Å². The van der Waals surface area contributed by atoms with Gasteiger partial charge >= 0.3 is 0 Å². The van der Waals surface area contributed by atoms with E-state index in [0.717, 1.165) is 24.7 Å². The summed E-state index contributed by atoms with van der Waals surface area (Å²) in [5, 5.41) is 12.0. The van der Waals surface area contributed by atoms with Gasteiger partial charge in [0.05, 0.1) is 18.1 Å². The van der Waals surface area contributed by atoms with Gasteiger partial charge in [0.15, 0.2) is 0 Å². The Kier molecular flexibility index (Phi) is 11.4. The molecule has 1 saturated heterocycles. The molecule has 3 N–H and O–H groups in total. The van der Waals surface area contributed by atoms with Crippen LogP contribution in [-0.2, 0) is 4.79 Å². The van der Waals surface area contributed by atoms with Gasteiger partial charge in [0.1, 0.15) is 5.82 Å². The summed E-state index contributed by atoms with van der Waals surface area (Å²) in [6.45, 7) is 3.51. The Morgan fingerprint density at radius 3 is 2.61 bits per heavy atom. The summed E-state index contributed by atoms with van der Waals surface area (Å²) in [4.78, 5) is 22.2. The van der Waals surface area contributed by atoms with Gasteiger partial charge in [-0.1, -0.05) is 19.3 Å². The van der Waals surface area contributed by atoms with Crippen LogP contribution < -0.4 is 10.8 Å². The van der Waals surface area contributed by atoms with Crippen molar-refractivity contribution >= 4 is 42.6 Å². The van der Waals surface area contributed by atoms with E-state index in [0.29, 0.717) is 11.7 Å². The quantitative estimate of drug-likeness (QED) is 0.363. The Balaban J connectivity index is 0.00000196. The predicted molar refractivity (Wildman–Crippen MR) is 115 cm³/mol. The van der Waals surface area contributed by atoms with Crippen LogP contribution in [0.3, 0.4) is 0 Å². The second kappa shape index (κ2) is 12.9. The molecule has 28 heavy (non-hydrogen) atoms. The van der Waals surface area contributed by atoms with Gasteiger partial charge in [0.2, 0.25) is 0 Å². The molecule has 0 aromatic carbocycles. The van der Waals surface area contributed by atoms with Crippen LogP contribution in [0.5, 0.6) is 0 Å². The number of amides is 1. The number of likely N-dealkylation sites (tertiary alicyclic amines) is 1. The molecule has 1 aliphatic carbocycles. The van der Waals surface area contributed by atoms with Crippen molar-refractivity contribution in [1.82, 2.24) is 20.3 Å². The normalized spacial score (nSPS) is 20.8. The highest BCUT2D eigenvalue weighted by Gasteiger charge is 2.23. The average Bonchev–Trinajstić information content (AvgIpc) is 2.68. The lowest BCUT2D eigenvalue weighted by atomic mass is 9.88. The molecule has 0 unspecified atom stereocenters. The molecular weight excluding hydrogens is 401 g/mol. The zero-order valence-electron chi connectivity index (χ0n) is 16.0. The van der Waals surface area contributed by atoms with E-state index in [1.807, 2.05) is 0 Å². The van der Waals surface area contributed by atoms with E-state index in [9.17, 15) is 4.79 Å². The summed E-state index contributed by atoms with van der Waals surface area (Å²) in [6.07, 6.45) is 15.4. The second-order valence-corrected chi connectivity index (χ2v) is 7.38. The second-order valence-electron chi connectivity index (χ2n) is 7.38. The number of carbonyl (C=O) groups excluding carboxylic acids is 1. The SMILES string of the molecule is Cl.Cl.O=C(C=Cc1cnc(N[C@@H]2CCCN(CC3CCCCC3)C2)cn1)NO. The molecule has 2 fully saturated rings. The molecule has 1 amide bonds. The van der Waals surface area contributed by atoms with Crippen LogP contribution in [0.25, 0.3) is 6.08 Å². The van der Waals surface area contributed by atoms with E-state index in [-0.39, 0.29) is 24.8 Å². The molecule has 2 heterocycles.